The molecule has 0 rings (SSSR count). The zero-order valence-electron chi connectivity index (χ0n) is 12.0. The lowest BCUT2D eigenvalue weighted by atomic mass is 10.1. The average Bonchev–Trinajstić information content (AvgIpc) is 2.31. The molecule has 17 heavy (non-hydrogen) atoms. The molecule has 0 saturated carbocycles. The van der Waals surface area contributed by atoms with Crippen molar-refractivity contribution in [2.75, 3.05) is 19.6 Å². The lowest BCUT2D eigenvalue weighted by Gasteiger charge is -2.23. The van der Waals surface area contributed by atoms with E-state index in [0.717, 1.165) is 19.6 Å². The van der Waals surface area contributed by atoms with E-state index in [1.807, 2.05) is 6.92 Å². The zero-order chi connectivity index (χ0) is 13.1. The highest BCUT2D eigenvalue weighted by Crippen LogP contribution is 2.07. The van der Waals surface area contributed by atoms with Crippen molar-refractivity contribution in [3.63, 3.8) is 0 Å². The van der Waals surface area contributed by atoms with Crippen LogP contribution in [0.25, 0.3) is 0 Å². The molecule has 102 valence electrons. The second-order valence-corrected chi connectivity index (χ2v) is 5.02. The van der Waals surface area contributed by atoms with Gasteiger partial charge in [0, 0.05) is 12.5 Å². The normalized spacial score (nSPS) is 12.9. The van der Waals surface area contributed by atoms with Gasteiger partial charge in [0.1, 0.15) is 0 Å². The van der Waals surface area contributed by atoms with Gasteiger partial charge in [0.2, 0.25) is 0 Å². The molecule has 0 bridgehead atoms. The second-order valence-electron chi connectivity index (χ2n) is 5.02. The number of nitrogens with one attached hydrogen (secondary N) is 1. The van der Waals surface area contributed by atoms with E-state index in [4.69, 9.17) is 11.1 Å². The quantitative estimate of drug-likeness (QED) is 0.331. The Bertz CT molecular complexity index is 192. The largest absolute Gasteiger partial charge is 0.387 e. The van der Waals surface area contributed by atoms with Crippen LogP contribution in [0, 0.1) is 11.3 Å². The second kappa shape index (κ2) is 10.6. The summed E-state index contributed by atoms with van der Waals surface area (Å²) < 4.78 is 0. The van der Waals surface area contributed by atoms with Gasteiger partial charge in [-0.1, -0.05) is 52.9 Å². The van der Waals surface area contributed by atoms with Crippen molar-refractivity contribution in [1.82, 2.24) is 4.90 Å². The highest BCUT2D eigenvalue weighted by atomic mass is 15.1. The molecule has 1 unspecified atom stereocenters. The fourth-order valence-electron chi connectivity index (χ4n) is 1.98. The van der Waals surface area contributed by atoms with E-state index >= 15 is 0 Å². The van der Waals surface area contributed by atoms with Crippen molar-refractivity contribution < 1.29 is 0 Å². The van der Waals surface area contributed by atoms with E-state index in [1.54, 1.807) is 0 Å². The molecule has 0 saturated heterocycles. The summed E-state index contributed by atoms with van der Waals surface area (Å²) in [7, 11) is 0. The Balaban J connectivity index is 3.57. The topological polar surface area (TPSA) is 53.1 Å². The molecule has 0 amide bonds. The molecule has 3 N–H and O–H groups in total. The number of amidine groups is 1. The third-order valence-corrected chi connectivity index (χ3v) is 3.34. The van der Waals surface area contributed by atoms with Crippen molar-refractivity contribution in [3.8, 4) is 0 Å². The first-order valence-corrected chi connectivity index (χ1v) is 7.18. The SMILES string of the molecule is CCCCCCCCN(CC)CC(C)C(=N)N. The van der Waals surface area contributed by atoms with Gasteiger partial charge in [0.25, 0.3) is 0 Å². The Kier molecular flexibility index (Phi) is 10.2. The third-order valence-electron chi connectivity index (χ3n) is 3.34. The molecule has 0 spiro atoms. The van der Waals surface area contributed by atoms with Crippen LogP contribution in [0.5, 0.6) is 0 Å². The van der Waals surface area contributed by atoms with Gasteiger partial charge in [-0.05, 0) is 19.5 Å². The fourth-order valence-corrected chi connectivity index (χ4v) is 1.98. The van der Waals surface area contributed by atoms with E-state index in [1.165, 1.54) is 38.5 Å². The monoisotopic (exact) mass is 241 g/mol. The number of nitrogens with zero attached hydrogens (tertiary/aromatic N) is 1. The Morgan fingerprint density at radius 2 is 1.71 bits per heavy atom. The predicted octanol–water partition coefficient (Wildman–Crippen LogP) is 3.24. The highest BCUT2D eigenvalue weighted by molar-refractivity contribution is 5.79. The van der Waals surface area contributed by atoms with Crippen LogP contribution < -0.4 is 5.73 Å². The molecule has 0 fully saturated rings. The summed E-state index contributed by atoms with van der Waals surface area (Å²) in [5.41, 5.74) is 5.51. The van der Waals surface area contributed by atoms with Crippen LogP contribution in [0.4, 0.5) is 0 Å². The van der Waals surface area contributed by atoms with Crippen LogP contribution in [0.15, 0.2) is 0 Å². The van der Waals surface area contributed by atoms with Crippen molar-refractivity contribution in [3.05, 3.63) is 0 Å². The first-order chi connectivity index (χ1) is 8.11. The summed E-state index contributed by atoms with van der Waals surface area (Å²) in [4.78, 5) is 2.41. The van der Waals surface area contributed by atoms with E-state index in [0.29, 0.717) is 5.84 Å². The minimum absolute atomic E-state index is 0.190. The standard InChI is InChI=1S/C14H31N3/c1-4-6-7-8-9-10-11-17(5-2)12-13(3)14(15)16/h13H,4-12H2,1-3H3,(H3,15,16). The molecule has 0 aromatic rings. The number of nitrogens with two attached hydrogens (primary N) is 1. The molecule has 0 aromatic heterocycles. The van der Waals surface area contributed by atoms with Gasteiger partial charge in [-0.2, -0.15) is 0 Å². The van der Waals surface area contributed by atoms with Crippen LogP contribution >= 0.6 is 0 Å². The molecule has 0 aromatic carbocycles. The summed E-state index contributed by atoms with van der Waals surface area (Å²) in [6.45, 7) is 9.62. The van der Waals surface area contributed by atoms with Crippen molar-refractivity contribution in [2.45, 2.75) is 59.3 Å². The van der Waals surface area contributed by atoms with Crippen LogP contribution in [0.1, 0.15) is 59.3 Å². The third kappa shape index (κ3) is 9.16. The van der Waals surface area contributed by atoms with E-state index in [-0.39, 0.29) is 5.92 Å². The maximum Gasteiger partial charge on any atom is 0.0947 e. The molecule has 3 heteroatoms. The van der Waals surface area contributed by atoms with Crippen molar-refractivity contribution >= 4 is 5.84 Å². The van der Waals surface area contributed by atoms with E-state index in [2.05, 4.69) is 18.7 Å². The first-order valence-electron chi connectivity index (χ1n) is 7.18. The average molecular weight is 241 g/mol. The van der Waals surface area contributed by atoms with E-state index < -0.39 is 0 Å². The molecule has 0 aliphatic heterocycles. The van der Waals surface area contributed by atoms with Gasteiger partial charge in [-0.3, -0.25) is 5.41 Å². The van der Waals surface area contributed by atoms with E-state index in [9.17, 15) is 0 Å². The first kappa shape index (κ1) is 16.4. The highest BCUT2D eigenvalue weighted by Gasteiger charge is 2.10. The molecule has 0 aliphatic carbocycles. The lowest BCUT2D eigenvalue weighted by Crippen LogP contribution is -2.35. The smallest absolute Gasteiger partial charge is 0.0947 e. The van der Waals surface area contributed by atoms with Gasteiger partial charge in [-0.15, -0.1) is 0 Å². The molecule has 0 heterocycles. The number of hydrogen-bond acceptors (Lipinski definition) is 2. The van der Waals surface area contributed by atoms with Crippen LogP contribution in [-0.4, -0.2) is 30.4 Å². The minimum Gasteiger partial charge on any atom is -0.387 e. The fraction of sp³-hybridized carbons (Fsp3) is 0.929. The summed E-state index contributed by atoms with van der Waals surface area (Å²) in [5.74, 6) is 0.501. The number of hydrogen-bond donors (Lipinski definition) is 2. The van der Waals surface area contributed by atoms with Gasteiger partial charge in [-0.25, -0.2) is 0 Å². The molecular formula is C14H31N3. The molecule has 1 atom stereocenters. The Hall–Kier alpha value is -0.570. The summed E-state index contributed by atoms with van der Waals surface area (Å²) in [6, 6.07) is 0. The molecular weight excluding hydrogens is 210 g/mol. The Morgan fingerprint density at radius 3 is 2.24 bits per heavy atom. The zero-order valence-corrected chi connectivity index (χ0v) is 12.0. The van der Waals surface area contributed by atoms with Crippen molar-refractivity contribution in [1.29, 1.82) is 5.41 Å². The predicted molar refractivity (Wildman–Crippen MR) is 76.6 cm³/mol. The summed E-state index contributed by atoms with van der Waals surface area (Å²) in [5, 5.41) is 7.41. The maximum absolute atomic E-state index is 7.41. The molecule has 3 nitrogen and oxygen atoms in total. The summed E-state index contributed by atoms with van der Waals surface area (Å²) in [6.07, 6.45) is 8.06. The van der Waals surface area contributed by atoms with Crippen molar-refractivity contribution in [2.24, 2.45) is 11.7 Å². The van der Waals surface area contributed by atoms with Gasteiger partial charge < -0.3 is 10.6 Å². The van der Waals surface area contributed by atoms with Crippen LogP contribution in [-0.2, 0) is 0 Å². The van der Waals surface area contributed by atoms with Crippen LogP contribution in [0.3, 0.4) is 0 Å². The van der Waals surface area contributed by atoms with Gasteiger partial charge in [0.15, 0.2) is 0 Å². The maximum atomic E-state index is 7.41. The molecule has 0 radical (unpaired) electrons. The minimum atomic E-state index is 0.190. The molecule has 0 aliphatic rings. The Morgan fingerprint density at radius 1 is 1.12 bits per heavy atom. The summed E-state index contributed by atoms with van der Waals surface area (Å²) >= 11 is 0. The van der Waals surface area contributed by atoms with Crippen LogP contribution in [0.2, 0.25) is 0 Å². The Labute approximate surface area is 107 Å². The number of unbranched alkanes of at least 4 members (excludes halogenated alkanes) is 5. The van der Waals surface area contributed by atoms with Gasteiger partial charge >= 0.3 is 0 Å². The number of rotatable bonds is 11. The van der Waals surface area contributed by atoms with Gasteiger partial charge in [0.05, 0.1) is 5.84 Å². The lowest BCUT2D eigenvalue weighted by molar-refractivity contribution is 0.264.